The first-order chi connectivity index (χ1) is 7.66. The van der Waals surface area contributed by atoms with Gasteiger partial charge in [-0.25, -0.2) is 0 Å². The third-order valence-corrected chi connectivity index (χ3v) is 4.12. The van der Waals surface area contributed by atoms with Gasteiger partial charge in [-0.05, 0) is 44.4 Å². The summed E-state index contributed by atoms with van der Waals surface area (Å²) in [6.07, 6.45) is 7.58. The maximum Gasteiger partial charge on any atom is 0.310 e. The van der Waals surface area contributed by atoms with Crippen LogP contribution in [-0.4, -0.2) is 18.1 Å². The van der Waals surface area contributed by atoms with Crippen molar-refractivity contribution >= 4 is 5.97 Å². The maximum absolute atomic E-state index is 11.9. The van der Waals surface area contributed by atoms with Gasteiger partial charge in [-0.2, -0.15) is 0 Å². The molecule has 92 valence electrons. The molecule has 2 saturated carbocycles. The van der Waals surface area contributed by atoms with Crippen LogP contribution in [0.25, 0.3) is 0 Å². The summed E-state index contributed by atoms with van der Waals surface area (Å²) in [4.78, 5) is 11.9. The fourth-order valence-corrected chi connectivity index (χ4v) is 2.88. The summed E-state index contributed by atoms with van der Waals surface area (Å²) in [6.45, 7) is 2.27. The molecule has 2 N–H and O–H groups in total. The van der Waals surface area contributed by atoms with Gasteiger partial charge in [-0.1, -0.05) is 13.3 Å². The predicted octanol–water partition coefficient (Wildman–Crippen LogP) is 2.24. The Balaban J connectivity index is 1.78. The Morgan fingerprint density at radius 1 is 1.12 bits per heavy atom. The molecule has 0 spiro atoms. The first-order valence-corrected chi connectivity index (χ1v) is 6.63. The van der Waals surface area contributed by atoms with E-state index in [1.165, 1.54) is 12.8 Å². The molecule has 0 aliphatic heterocycles. The Morgan fingerprint density at radius 3 is 2.38 bits per heavy atom. The molecule has 3 nitrogen and oxygen atoms in total. The van der Waals surface area contributed by atoms with E-state index in [9.17, 15) is 4.79 Å². The second kappa shape index (κ2) is 5.17. The molecule has 0 saturated heterocycles. The van der Waals surface area contributed by atoms with E-state index < -0.39 is 0 Å². The van der Waals surface area contributed by atoms with Gasteiger partial charge in [0, 0.05) is 6.04 Å². The van der Waals surface area contributed by atoms with Crippen molar-refractivity contribution in [3.8, 4) is 0 Å². The number of hydrogen-bond donors (Lipinski definition) is 1. The Kier molecular flexibility index (Phi) is 3.85. The molecule has 0 aromatic heterocycles. The molecule has 2 atom stereocenters. The second-order valence-corrected chi connectivity index (χ2v) is 5.52. The quantitative estimate of drug-likeness (QED) is 0.733. The lowest BCUT2D eigenvalue weighted by atomic mass is 9.89. The molecule has 3 heteroatoms. The van der Waals surface area contributed by atoms with Gasteiger partial charge in [0.2, 0.25) is 0 Å². The van der Waals surface area contributed by atoms with Crippen molar-refractivity contribution in [1.82, 2.24) is 0 Å². The number of carbonyl (C=O) groups excluding carboxylic acids is 1. The van der Waals surface area contributed by atoms with Crippen LogP contribution >= 0.6 is 0 Å². The average molecular weight is 225 g/mol. The molecule has 0 heterocycles. The van der Waals surface area contributed by atoms with Crippen LogP contribution in [-0.2, 0) is 9.53 Å². The second-order valence-electron chi connectivity index (χ2n) is 5.52. The highest BCUT2D eigenvalue weighted by Gasteiger charge is 2.33. The number of ether oxygens (including phenoxy) is 1. The van der Waals surface area contributed by atoms with Crippen LogP contribution in [0.4, 0.5) is 0 Å². The minimum absolute atomic E-state index is 0.0284. The molecule has 2 fully saturated rings. The molecular formula is C13H23NO2. The number of rotatable bonds is 2. The van der Waals surface area contributed by atoms with Gasteiger partial charge in [0.05, 0.1) is 5.92 Å². The minimum Gasteiger partial charge on any atom is -0.462 e. The van der Waals surface area contributed by atoms with E-state index in [0.29, 0.717) is 0 Å². The van der Waals surface area contributed by atoms with E-state index in [0.717, 1.165) is 38.0 Å². The zero-order chi connectivity index (χ0) is 11.5. The van der Waals surface area contributed by atoms with Crippen LogP contribution in [0.15, 0.2) is 0 Å². The highest BCUT2D eigenvalue weighted by molar-refractivity contribution is 5.73. The summed E-state index contributed by atoms with van der Waals surface area (Å²) >= 11 is 0. The Morgan fingerprint density at radius 2 is 1.81 bits per heavy atom. The zero-order valence-electron chi connectivity index (χ0n) is 10.2. The highest BCUT2D eigenvalue weighted by atomic mass is 16.5. The molecule has 0 radical (unpaired) electrons. The molecule has 0 bridgehead atoms. The lowest BCUT2D eigenvalue weighted by Gasteiger charge is -2.27. The molecule has 0 aromatic carbocycles. The van der Waals surface area contributed by atoms with E-state index in [-0.39, 0.29) is 24.0 Å². The number of hydrogen-bond acceptors (Lipinski definition) is 3. The standard InChI is InChI=1S/C13H23NO2/c1-9-5-7-10(8-6-9)16-13(15)11-3-2-4-12(11)14/h9-12H,2-8,14H2,1H3. The summed E-state index contributed by atoms with van der Waals surface area (Å²) in [5.41, 5.74) is 5.91. The van der Waals surface area contributed by atoms with Crippen molar-refractivity contribution < 1.29 is 9.53 Å². The summed E-state index contributed by atoms with van der Waals surface area (Å²) in [5.74, 6) is 0.729. The number of esters is 1. The molecule has 16 heavy (non-hydrogen) atoms. The lowest BCUT2D eigenvalue weighted by molar-refractivity contribution is -0.156. The average Bonchev–Trinajstić information content (AvgIpc) is 2.68. The van der Waals surface area contributed by atoms with E-state index in [1.54, 1.807) is 0 Å². The fraction of sp³-hybridized carbons (Fsp3) is 0.923. The normalized spacial score (nSPS) is 39.6. The van der Waals surface area contributed by atoms with E-state index in [1.807, 2.05) is 0 Å². The van der Waals surface area contributed by atoms with E-state index in [2.05, 4.69) is 6.92 Å². The van der Waals surface area contributed by atoms with Crippen molar-refractivity contribution in [3.63, 3.8) is 0 Å². The highest BCUT2D eigenvalue weighted by Crippen LogP contribution is 2.29. The van der Waals surface area contributed by atoms with Crippen molar-refractivity contribution in [1.29, 1.82) is 0 Å². The topological polar surface area (TPSA) is 52.3 Å². The lowest BCUT2D eigenvalue weighted by Crippen LogP contribution is -2.34. The summed E-state index contributed by atoms with van der Waals surface area (Å²) in [5, 5.41) is 0. The third-order valence-electron chi connectivity index (χ3n) is 4.12. The van der Waals surface area contributed by atoms with Gasteiger partial charge in [-0.15, -0.1) is 0 Å². The molecule has 0 aromatic rings. The smallest absolute Gasteiger partial charge is 0.310 e. The van der Waals surface area contributed by atoms with Gasteiger partial charge in [0.25, 0.3) is 0 Å². The Hall–Kier alpha value is -0.570. The largest absolute Gasteiger partial charge is 0.462 e. The van der Waals surface area contributed by atoms with Crippen LogP contribution in [0.3, 0.4) is 0 Å². The maximum atomic E-state index is 11.9. The van der Waals surface area contributed by atoms with Crippen molar-refractivity contribution in [2.75, 3.05) is 0 Å². The Bertz CT molecular complexity index is 246. The van der Waals surface area contributed by atoms with Gasteiger partial charge in [-0.3, -0.25) is 4.79 Å². The first kappa shape index (κ1) is 11.9. The molecular weight excluding hydrogens is 202 g/mol. The zero-order valence-corrected chi connectivity index (χ0v) is 10.2. The van der Waals surface area contributed by atoms with Crippen LogP contribution in [0, 0.1) is 11.8 Å². The van der Waals surface area contributed by atoms with Crippen LogP contribution in [0.2, 0.25) is 0 Å². The Labute approximate surface area is 97.7 Å². The predicted molar refractivity (Wildman–Crippen MR) is 62.8 cm³/mol. The van der Waals surface area contributed by atoms with Crippen molar-refractivity contribution in [3.05, 3.63) is 0 Å². The molecule has 0 amide bonds. The number of carbonyl (C=O) groups is 1. The minimum atomic E-state index is -0.0375. The van der Waals surface area contributed by atoms with Crippen LogP contribution < -0.4 is 5.73 Å². The van der Waals surface area contributed by atoms with E-state index >= 15 is 0 Å². The first-order valence-electron chi connectivity index (χ1n) is 6.63. The van der Waals surface area contributed by atoms with Gasteiger partial charge >= 0.3 is 5.97 Å². The van der Waals surface area contributed by atoms with Gasteiger partial charge in [0.1, 0.15) is 6.10 Å². The summed E-state index contributed by atoms with van der Waals surface area (Å²) < 4.78 is 5.58. The summed E-state index contributed by atoms with van der Waals surface area (Å²) in [6, 6.07) is 0.0371. The summed E-state index contributed by atoms with van der Waals surface area (Å²) in [7, 11) is 0. The molecule has 2 rings (SSSR count). The fourth-order valence-electron chi connectivity index (χ4n) is 2.88. The monoisotopic (exact) mass is 225 g/mol. The molecule has 2 aliphatic carbocycles. The van der Waals surface area contributed by atoms with Crippen LogP contribution in [0.1, 0.15) is 51.9 Å². The van der Waals surface area contributed by atoms with Crippen LogP contribution in [0.5, 0.6) is 0 Å². The SMILES string of the molecule is CC1CCC(OC(=O)C2CCCC2N)CC1. The van der Waals surface area contributed by atoms with Crippen molar-refractivity contribution in [2.45, 2.75) is 64.0 Å². The van der Waals surface area contributed by atoms with Crippen molar-refractivity contribution in [2.24, 2.45) is 17.6 Å². The number of nitrogens with two attached hydrogens (primary N) is 1. The van der Waals surface area contributed by atoms with E-state index in [4.69, 9.17) is 10.5 Å². The van der Waals surface area contributed by atoms with Gasteiger partial charge < -0.3 is 10.5 Å². The molecule has 2 aliphatic rings. The molecule has 2 unspecified atom stereocenters. The van der Waals surface area contributed by atoms with Gasteiger partial charge in [0.15, 0.2) is 0 Å². The third kappa shape index (κ3) is 2.76.